The van der Waals surface area contributed by atoms with Crippen molar-refractivity contribution in [1.29, 1.82) is 0 Å². The minimum absolute atomic E-state index is 0.377. The second-order valence-corrected chi connectivity index (χ2v) is 4.86. The number of nitrogens with one attached hydrogen (secondary N) is 1. The van der Waals surface area contributed by atoms with Gasteiger partial charge in [-0.2, -0.15) is 0 Å². The Balaban J connectivity index is 2.53. The van der Waals surface area contributed by atoms with Gasteiger partial charge in [0.15, 0.2) is 0 Å². The fourth-order valence-corrected chi connectivity index (χ4v) is 2.02. The Morgan fingerprint density at radius 2 is 2.06 bits per heavy atom. The average Bonchev–Trinajstić information content (AvgIpc) is 2.39. The van der Waals surface area contributed by atoms with Crippen LogP contribution in [0.3, 0.4) is 0 Å². The summed E-state index contributed by atoms with van der Waals surface area (Å²) >= 11 is 0. The van der Waals surface area contributed by atoms with Crippen LogP contribution in [0.15, 0.2) is 18.3 Å². The predicted molar refractivity (Wildman–Crippen MR) is 79.1 cm³/mol. The molecule has 0 aliphatic carbocycles. The maximum absolute atomic E-state index is 4.55. The van der Waals surface area contributed by atoms with E-state index in [0.29, 0.717) is 6.04 Å². The number of aromatic nitrogens is 1. The van der Waals surface area contributed by atoms with Crippen LogP contribution >= 0.6 is 0 Å². The van der Waals surface area contributed by atoms with Crippen molar-refractivity contribution in [3.8, 4) is 0 Å². The molecule has 1 heterocycles. The molecule has 1 aromatic heterocycles. The topological polar surface area (TPSA) is 28.2 Å². The summed E-state index contributed by atoms with van der Waals surface area (Å²) in [4.78, 5) is 6.78. The fourth-order valence-electron chi connectivity index (χ4n) is 2.02. The van der Waals surface area contributed by atoms with E-state index in [0.717, 1.165) is 18.9 Å². The molecule has 0 amide bonds. The molecule has 0 radical (unpaired) electrons. The monoisotopic (exact) mass is 249 g/mol. The third kappa shape index (κ3) is 4.65. The lowest BCUT2D eigenvalue weighted by Crippen LogP contribution is -2.21. The molecule has 3 nitrogen and oxygen atoms in total. The third-order valence-electron chi connectivity index (χ3n) is 3.27. The first-order valence-electron chi connectivity index (χ1n) is 7.09. The van der Waals surface area contributed by atoms with Crippen LogP contribution in [0, 0.1) is 0 Å². The maximum atomic E-state index is 4.55. The molecule has 1 N–H and O–H groups in total. The number of hydrogen-bond donors (Lipinski definition) is 1. The van der Waals surface area contributed by atoms with Gasteiger partial charge >= 0.3 is 0 Å². The normalized spacial score (nSPS) is 12.4. The molecule has 102 valence electrons. The van der Waals surface area contributed by atoms with Gasteiger partial charge in [0.25, 0.3) is 0 Å². The smallest absolute Gasteiger partial charge is 0.128 e. The summed E-state index contributed by atoms with van der Waals surface area (Å²) in [6.07, 6.45) is 5.78. The first-order chi connectivity index (χ1) is 8.69. The number of pyridine rings is 1. The standard InChI is InChI=1S/C15H27N3/c1-5-7-8-11-18(4)15-10-9-14(12-17-15)13(3)16-6-2/h9-10,12-13,16H,5-8,11H2,1-4H3. The van der Waals surface area contributed by atoms with Crippen LogP contribution in [0.4, 0.5) is 5.82 Å². The van der Waals surface area contributed by atoms with Crippen LogP contribution in [0.25, 0.3) is 0 Å². The minimum atomic E-state index is 0.377. The summed E-state index contributed by atoms with van der Waals surface area (Å²) in [7, 11) is 2.12. The fraction of sp³-hybridized carbons (Fsp3) is 0.667. The molecular weight excluding hydrogens is 222 g/mol. The molecule has 18 heavy (non-hydrogen) atoms. The third-order valence-corrected chi connectivity index (χ3v) is 3.27. The molecule has 0 fully saturated rings. The van der Waals surface area contributed by atoms with Gasteiger partial charge in [-0.15, -0.1) is 0 Å². The highest BCUT2D eigenvalue weighted by molar-refractivity contribution is 5.38. The van der Waals surface area contributed by atoms with Crippen molar-refractivity contribution in [3.05, 3.63) is 23.9 Å². The Kier molecular flexibility index (Phi) is 6.73. The molecule has 1 unspecified atom stereocenters. The van der Waals surface area contributed by atoms with Crippen molar-refractivity contribution in [2.45, 2.75) is 46.1 Å². The number of anilines is 1. The zero-order valence-corrected chi connectivity index (χ0v) is 12.2. The molecule has 0 aromatic carbocycles. The molecule has 0 saturated carbocycles. The van der Waals surface area contributed by atoms with E-state index >= 15 is 0 Å². The molecule has 0 saturated heterocycles. The van der Waals surface area contributed by atoms with Crippen molar-refractivity contribution < 1.29 is 0 Å². The van der Waals surface area contributed by atoms with Gasteiger partial charge in [0.2, 0.25) is 0 Å². The lowest BCUT2D eigenvalue weighted by Gasteiger charge is -2.19. The molecule has 0 bridgehead atoms. The highest BCUT2D eigenvalue weighted by Gasteiger charge is 2.06. The Morgan fingerprint density at radius 1 is 1.28 bits per heavy atom. The molecule has 0 aliphatic heterocycles. The van der Waals surface area contributed by atoms with Crippen LogP contribution in [0.1, 0.15) is 51.6 Å². The predicted octanol–water partition coefficient (Wildman–Crippen LogP) is 3.38. The first-order valence-corrected chi connectivity index (χ1v) is 7.09. The zero-order chi connectivity index (χ0) is 13.4. The van der Waals surface area contributed by atoms with Crippen molar-refractivity contribution in [1.82, 2.24) is 10.3 Å². The number of rotatable bonds is 8. The van der Waals surface area contributed by atoms with Crippen LogP contribution in [0.5, 0.6) is 0 Å². The van der Waals surface area contributed by atoms with Gasteiger partial charge in [-0.25, -0.2) is 4.98 Å². The van der Waals surface area contributed by atoms with E-state index in [9.17, 15) is 0 Å². The highest BCUT2D eigenvalue weighted by atomic mass is 15.2. The van der Waals surface area contributed by atoms with Gasteiger partial charge in [-0.3, -0.25) is 0 Å². The second kappa shape index (κ2) is 8.09. The van der Waals surface area contributed by atoms with Gasteiger partial charge in [-0.1, -0.05) is 32.8 Å². The van der Waals surface area contributed by atoms with Gasteiger partial charge in [0, 0.05) is 25.8 Å². The molecule has 1 atom stereocenters. The Hall–Kier alpha value is -1.09. The maximum Gasteiger partial charge on any atom is 0.128 e. The first kappa shape index (κ1) is 15.0. The van der Waals surface area contributed by atoms with E-state index in [4.69, 9.17) is 0 Å². The Bertz CT molecular complexity index is 321. The molecule has 1 rings (SSSR count). The summed E-state index contributed by atoms with van der Waals surface area (Å²) < 4.78 is 0. The Labute approximate surface area is 112 Å². The van der Waals surface area contributed by atoms with E-state index in [1.807, 2.05) is 6.20 Å². The van der Waals surface area contributed by atoms with Crippen molar-refractivity contribution in [2.24, 2.45) is 0 Å². The van der Waals surface area contributed by atoms with Gasteiger partial charge in [-0.05, 0) is 31.5 Å². The van der Waals surface area contributed by atoms with Crippen LogP contribution in [0.2, 0.25) is 0 Å². The average molecular weight is 249 g/mol. The van der Waals surface area contributed by atoms with Crippen molar-refractivity contribution in [3.63, 3.8) is 0 Å². The molecular formula is C15H27N3. The van der Waals surface area contributed by atoms with Crippen molar-refractivity contribution in [2.75, 3.05) is 25.0 Å². The molecule has 1 aromatic rings. The van der Waals surface area contributed by atoms with Crippen molar-refractivity contribution >= 4 is 5.82 Å². The van der Waals surface area contributed by atoms with Gasteiger partial charge < -0.3 is 10.2 Å². The highest BCUT2D eigenvalue weighted by Crippen LogP contribution is 2.15. The quantitative estimate of drug-likeness (QED) is 0.716. The van der Waals surface area contributed by atoms with E-state index in [2.05, 4.69) is 55.2 Å². The van der Waals surface area contributed by atoms with E-state index in [-0.39, 0.29) is 0 Å². The SMILES string of the molecule is CCCCCN(C)c1ccc(C(C)NCC)cn1. The lowest BCUT2D eigenvalue weighted by atomic mass is 10.1. The van der Waals surface area contributed by atoms with Crippen LogP contribution in [-0.4, -0.2) is 25.1 Å². The largest absolute Gasteiger partial charge is 0.360 e. The summed E-state index contributed by atoms with van der Waals surface area (Å²) in [5, 5.41) is 3.40. The molecule has 3 heteroatoms. The summed E-state index contributed by atoms with van der Waals surface area (Å²) in [6, 6.07) is 4.67. The molecule has 0 aliphatic rings. The second-order valence-electron chi connectivity index (χ2n) is 4.86. The lowest BCUT2D eigenvalue weighted by molar-refractivity contribution is 0.596. The van der Waals surface area contributed by atoms with E-state index < -0.39 is 0 Å². The van der Waals surface area contributed by atoms with Crippen LogP contribution in [-0.2, 0) is 0 Å². The number of unbranched alkanes of at least 4 members (excludes halogenated alkanes) is 2. The number of hydrogen-bond acceptors (Lipinski definition) is 3. The number of nitrogens with zero attached hydrogens (tertiary/aromatic N) is 2. The van der Waals surface area contributed by atoms with E-state index in [1.165, 1.54) is 24.8 Å². The summed E-state index contributed by atoms with van der Waals surface area (Å²) in [6.45, 7) is 8.60. The van der Waals surface area contributed by atoms with E-state index in [1.54, 1.807) is 0 Å². The van der Waals surface area contributed by atoms with Crippen LogP contribution < -0.4 is 10.2 Å². The summed E-state index contributed by atoms with van der Waals surface area (Å²) in [5.41, 5.74) is 1.25. The Morgan fingerprint density at radius 3 is 2.61 bits per heavy atom. The molecule has 0 spiro atoms. The zero-order valence-electron chi connectivity index (χ0n) is 12.2. The minimum Gasteiger partial charge on any atom is -0.360 e. The summed E-state index contributed by atoms with van der Waals surface area (Å²) in [5.74, 6) is 1.07. The van der Waals surface area contributed by atoms with Gasteiger partial charge in [0.1, 0.15) is 5.82 Å². The van der Waals surface area contributed by atoms with Gasteiger partial charge in [0.05, 0.1) is 0 Å².